The summed E-state index contributed by atoms with van der Waals surface area (Å²) in [6, 6.07) is 14.6. The number of carbonyl (C=O) groups is 1. The van der Waals surface area contributed by atoms with Crippen molar-refractivity contribution in [2.45, 2.75) is 19.3 Å². The van der Waals surface area contributed by atoms with Crippen molar-refractivity contribution in [2.24, 2.45) is 0 Å². The van der Waals surface area contributed by atoms with Gasteiger partial charge in [-0.3, -0.25) is 9.89 Å². The molecule has 1 amide bonds. The molecule has 4 heteroatoms. The summed E-state index contributed by atoms with van der Waals surface area (Å²) in [4.78, 5) is 12.0. The van der Waals surface area contributed by atoms with Crippen molar-refractivity contribution in [1.29, 1.82) is 0 Å². The van der Waals surface area contributed by atoms with Gasteiger partial charge < -0.3 is 5.32 Å². The monoisotopic (exact) mass is 277 g/mol. The van der Waals surface area contributed by atoms with E-state index < -0.39 is 0 Å². The first-order chi connectivity index (χ1) is 10.2. The first kappa shape index (κ1) is 12.1. The molecular formula is C17H15N3O. The van der Waals surface area contributed by atoms with Gasteiger partial charge in [0.05, 0.1) is 0 Å². The molecule has 0 saturated carbocycles. The molecular weight excluding hydrogens is 262 g/mol. The van der Waals surface area contributed by atoms with Gasteiger partial charge in [0.2, 0.25) is 5.91 Å². The van der Waals surface area contributed by atoms with Crippen LogP contribution in [0.3, 0.4) is 0 Å². The summed E-state index contributed by atoms with van der Waals surface area (Å²) in [6.45, 7) is 2.00. The molecule has 3 aromatic rings. The minimum Gasteiger partial charge on any atom is -0.309 e. The first-order valence-corrected chi connectivity index (χ1v) is 7.06. The highest BCUT2D eigenvalue weighted by atomic mass is 16.1. The van der Waals surface area contributed by atoms with Gasteiger partial charge in [0, 0.05) is 23.6 Å². The van der Waals surface area contributed by atoms with Crippen LogP contribution >= 0.6 is 0 Å². The number of benzene rings is 2. The van der Waals surface area contributed by atoms with Crippen molar-refractivity contribution in [1.82, 2.24) is 10.2 Å². The number of amides is 1. The van der Waals surface area contributed by atoms with E-state index in [4.69, 9.17) is 0 Å². The number of hydrogen-bond donors (Lipinski definition) is 2. The van der Waals surface area contributed by atoms with E-state index >= 15 is 0 Å². The summed E-state index contributed by atoms with van der Waals surface area (Å²) in [7, 11) is 0. The molecule has 0 spiro atoms. The Balaban J connectivity index is 1.97. The number of nitrogens with zero attached hydrogens (tertiary/aromatic N) is 1. The fourth-order valence-electron chi connectivity index (χ4n) is 3.25. The van der Waals surface area contributed by atoms with Gasteiger partial charge >= 0.3 is 0 Å². The Hall–Kier alpha value is -2.62. The summed E-state index contributed by atoms with van der Waals surface area (Å²) in [5, 5.41) is 12.4. The molecule has 0 radical (unpaired) electrons. The Morgan fingerprint density at radius 3 is 2.86 bits per heavy atom. The number of aromatic amines is 1. The SMILES string of the molecule is Cc1[nH]nc2c1[C@H](c1cccc3ccccc13)CC(=O)N2. The molecule has 0 saturated heterocycles. The van der Waals surface area contributed by atoms with E-state index in [2.05, 4.69) is 45.8 Å². The molecule has 4 nitrogen and oxygen atoms in total. The van der Waals surface area contributed by atoms with Crippen LogP contribution in [0.4, 0.5) is 5.82 Å². The molecule has 0 unspecified atom stereocenters. The van der Waals surface area contributed by atoms with Gasteiger partial charge in [-0.25, -0.2) is 0 Å². The number of H-pyrrole nitrogens is 1. The van der Waals surface area contributed by atoms with Gasteiger partial charge in [-0.05, 0) is 23.3 Å². The lowest BCUT2D eigenvalue weighted by molar-refractivity contribution is -0.116. The van der Waals surface area contributed by atoms with Crippen LogP contribution in [0.5, 0.6) is 0 Å². The highest BCUT2D eigenvalue weighted by Crippen LogP contribution is 2.40. The van der Waals surface area contributed by atoms with E-state index in [1.54, 1.807) is 0 Å². The molecule has 2 aromatic carbocycles. The van der Waals surface area contributed by atoms with Gasteiger partial charge in [0.1, 0.15) is 0 Å². The number of rotatable bonds is 1. The van der Waals surface area contributed by atoms with E-state index in [0.717, 1.165) is 11.3 Å². The van der Waals surface area contributed by atoms with Crippen molar-refractivity contribution in [2.75, 3.05) is 5.32 Å². The predicted molar refractivity (Wildman–Crippen MR) is 82.4 cm³/mol. The van der Waals surface area contributed by atoms with Crippen LogP contribution in [0.1, 0.15) is 29.2 Å². The number of aryl methyl sites for hydroxylation is 1. The molecule has 0 bridgehead atoms. The van der Waals surface area contributed by atoms with E-state index in [-0.39, 0.29) is 11.8 Å². The number of anilines is 1. The fourth-order valence-corrected chi connectivity index (χ4v) is 3.25. The number of aromatic nitrogens is 2. The number of hydrogen-bond acceptors (Lipinski definition) is 2. The van der Waals surface area contributed by atoms with Gasteiger partial charge in [0.25, 0.3) is 0 Å². The molecule has 21 heavy (non-hydrogen) atoms. The molecule has 1 aliphatic heterocycles. The average Bonchev–Trinajstić information content (AvgIpc) is 2.87. The lowest BCUT2D eigenvalue weighted by atomic mass is 9.83. The molecule has 0 fully saturated rings. The zero-order valence-corrected chi connectivity index (χ0v) is 11.7. The minimum absolute atomic E-state index is 0.0203. The van der Waals surface area contributed by atoms with Crippen LogP contribution in [0.25, 0.3) is 10.8 Å². The van der Waals surface area contributed by atoms with E-state index in [9.17, 15) is 4.79 Å². The first-order valence-electron chi connectivity index (χ1n) is 7.06. The maximum absolute atomic E-state index is 12.0. The van der Waals surface area contributed by atoms with Crippen LogP contribution in [0.15, 0.2) is 42.5 Å². The second kappa shape index (κ2) is 4.45. The molecule has 4 rings (SSSR count). The third-order valence-electron chi connectivity index (χ3n) is 4.19. The van der Waals surface area contributed by atoms with Gasteiger partial charge in [-0.1, -0.05) is 42.5 Å². The Kier molecular flexibility index (Phi) is 2.57. The normalized spacial score (nSPS) is 17.6. The van der Waals surface area contributed by atoms with Crippen molar-refractivity contribution < 1.29 is 4.79 Å². The van der Waals surface area contributed by atoms with Gasteiger partial charge in [-0.2, -0.15) is 5.10 Å². The smallest absolute Gasteiger partial charge is 0.226 e. The summed E-state index contributed by atoms with van der Waals surface area (Å²) in [5.74, 6) is 0.743. The topological polar surface area (TPSA) is 57.8 Å². The van der Waals surface area contributed by atoms with Gasteiger partial charge in [0.15, 0.2) is 5.82 Å². The second-order valence-electron chi connectivity index (χ2n) is 5.48. The lowest BCUT2D eigenvalue weighted by Crippen LogP contribution is -2.23. The van der Waals surface area contributed by atoms with Gasteiger partial charge in [-0.15, -0.1) is 0 Å². The number of carbonyl (C=O) groups excluding carboxylic acids is 1. The zero-order chi connectivity index (χ0) is 14.4. The van der Waals surface area contributed by atoms with Crippen molar-refractivity contribution in [3.63, 3.8) is 0 Å². The van der Waals surface area contributed by atoms with Crippen LogP contribution in [-0.4, -0.2) is 16.1 Å². The summed E-state index contributed by atoms with van der Waals surface area (Å²) in [5.41, 5.74) is 3.31. The number of fused-ring (bicyclic) bond motifs is 2. The maximum atomic E-state index is 12.0. The molecule has 104 valence electrons. The highest BCUT2D eigenvalue weighted by Gasteiger charge is 2.31. The number of nitrogens with one attached hydrogen (secondary N) is 2. The van der Waals surface area contributed by atoms with E-state index in [0.29, 0.717) is 12.2 Å². The third kappa shape index (κ3) is 1.83. The van der Waals surface area contributed by atoms with E-state index in [1.807, 2.05) is 19.1 Å². The van der Waals surface area contributed by atoms with Crippen LogP contribution in [0.2, 0.25) is 0 Å². The molecule has 0 aliphatic carbocycles. The quantitative estimate of drug-likeness (QED) is 0.716. The largest absolute Gasteiger partial charge is 0.309 e. The fraction of sp³-hybridized carbons (Fsp3) is 0.176. The summed E-state index contributed by atoms with van der Waals surface area (Å²) < 4.78 is 0. The molecule has 1 aromatic heterocycles. The molecule has 1 atom stereocenters. The lowest BCUT2D eigenvalue weighted by Gasteiger charge is -2.24. The zero-order valence-electron chi connectivity index (χ0n) is 11.7. The van der Waals surface area contributed by atoms with Crippen molar-refractivity contribution in [3.05, 3.63) is 59.3 Å². The van der Waals surface area contributed by atoms with E-state index in [1.165, 1.54) is 16.3 Å². The van der Waals surface area contributed by atoms with Crippen molar-refractivity contribution >= 4 is 22.5 Å². The summed E-state index contributed by atoms with van der Waals surface area (Å²) >= 11 is 0. The highest BCUT2D eigenvalue weighted by molar-refractivity contribution is 5.96. The maximum Gasteiger partial charge on any atom is 0.226 e. The molecule has 2 heterocycles. The minimum atomic E-state index is 0.0203. The van der Waals surface area contributed by atoms with Crippen LogP contribution < -0.4 is 5.32 Å². The Labute approximate surface area is 122 Å². The second-order valence-corrected chi connectivity index (χ2v) is 5.48. The molecule has 1 aliphatic rings. The van der Waals surface area contributed by atoms with Crippen LogP contribution in [-0.2, 0) is 4.79 Å². The Bertz CT molecular complexity index is 845. The Morgan fingerprint density at radius 2 is 1.95 bits per heavy atom. The predicted octanol–water partition coefficient (Wildman–Crippen LogP) is 3.35. The van der Waals surface area contributed by atoms with Crippen molar-refractivity contribution in [3.8, 4) is 0 Å². The summed E-state index contributed by atoms with van der Waals surface area (Å²) in [6.07, 6.45) is 0.460. The molecule has 2 N–H and O–H groups in total. The Morgan fingerprint density at radius 1 is 1.14 bits per heavy atom. The standard InChI is InChI=1S/C17H15N3O/c1-10-16-14(9-15(21)18-17(16)20-19-10)13-8-4-6-11-5-2-3-7-12(11)13/h2-8,14H,9H2,1H3,(H2,18,19,20,21)/t14-/m0/s1. The third-order valence-corrected chi connectivity index (χ3v) is 4.19. The average molecular weight is 277 g/mol. The van der Waals surface area contributed by atoms with Crippen LogP contribution in [0, 0.1) is 6.92 Å².